The van der Waals surface area contributed by atoms with Crippen LogP contribution in [0.1, 0.15) is 32.4 Å². The van der Waals surface area contributed by atoms with E-state index in [-0.39, 0.29) is 11.9 Å². The lowest BCUT2D eigenvalue weighted by Gasteiger charge is -2.34. The highest BCUT2D eigenvalue weighted by Gasteiger charge is 2.26. The highest BCUT2D eigenvalue weighted by atomic mass is 32.1. The molecule has 0 aliphatic carbocycles. The molecule has 1 fully saturated rings. The van der Waals surface area contributed by atoms with Crippen molar-refractivity contribution in [3.05, 3.63) is 35.3 Å². The van der Waals surface area contributed by atoms with Crippen LogP contribution in [0.3, 0.4) is 0 Å². The minimum atomic E-state index is 0.135. The molecule has 2 atom stereocenters. The third-order valence-corrected chi connectivity index (χ3v) is 5.79. The van der Waals surface area contributed by atoms with Crippen LogP contribution in [0, 0.1) is 5.92 Å². The molecule has 5 nitrogen and oxygen atoms in total. The van der Waals surface area contributed by atoms with Gasteiger partial charge in [0.15, 0.2) is 0 Å². The standard InChI is InChI=1S/C20H27N3O2S/c1-3-25-18-8-6-15(7-9-18)20-22-17(13-26-20)11-19(24)23-10-4-5-16(12-23)14(2)21/h6-9,13-14,16H,3-5,10-12,21H2,1-2H3. The molecule has 0 saturated carbocycles. The number of hydrogen-bond donors (Lipinski definition) is 1. The van der Waals surface area contributed by atoms with Gasteiger partial charge < -0.3 is 15.4 Å². The van der Waals surface area contributed by atoms with Crippen molar-refractivity contribution in [2.75, 3.05) is 19.7 Å². The number of hydrogen-bond acceptors (Lipinski definition) is 5. The Bertz CT molecular complexity index is 727. The van der Waals surface area contributed by atoms with Crippen LogP contribution >= 0.6 is 11.3 Å². The van der Waals surface area contributed by atoms with Gasteiger partial charge in [-0.2, -0.15) is 0 Å². The second-order valence-electron chi connectivity index (χ2n) is 6.88. The second kappa shape index (κ2) is 8.64. The quantitative estimate of drug-likeness (QED) is 0.843. The number of thiazole rings is 1. The van der Waals surface area contributed by atoms with Gasteiger partial charge >= 0.3 is 0 Å². The maximum Gasteiger partial charge on any atom is 0.228 e. The fourth-order valence-corrected chi connectivity index (χ4v) is 4.14. The van der Waals surface area contributed by atoms with Crippen LogP contribution in [0.15, 0.2) is 29.6 Å². The summed E-state index contributed by atoms with van der Waals surface area (Å²) in [5.41, 5.74) is 7.91. The number of nitrogens with two attached hydrogens (primary N) is 1. The Morgan fingerprint density at radius 2 is 2.19 bits per heavy atom. The topological polar surface area (TPSA) is 68.5 Å². The van der Waals surface area contributed by atoms with Crippen LogP contribution in [0.4, 0.5) is 0 Å². The molecule has 6 heteroatoms. The Morgan fingerprint density at radius 1 is 1.42 bits per heavy atom. The van der Waals surface area contributed by atoms with E-state index in [0.29, 0.717) is 18.9 Å². The third kappa shape index (κ3) is 4.62. The van der Waals surface area contributed by atoms with Crippen LogP contribution in [0.25, 0.3) is 10.6 Å². The summed E-state index contributed by atoms with van der Waals surface area (Å²) >= 11 is 1.57. The predicted molar refractivity (Wildman–Crippen MR) is 105 cm³/mol. The van der Waals surface area contributed by atoms with Crippen molar-refractivity contribution in [2.45, 2.75) is 39.2 Å². The predicted octanol–water partition coefficient (Wildman–Crippen LogP) is 3.34. The van der Waals surface area contributed by atoms with Crippen molar-refractivity contribution < 1.29 is 9.53 Å². The van der Waals surface area contributed by atoms with Gasteiger partial charge in [0.2, 0.25) is 5.91 Å². The second-order valence-corrected chi connectivity index (χ2v) is 7.74. The zero-order chi connectivity index (χ0) is 18.5. The summed E-state index contributed by atoms with van der Waals surface area (Å²) in [4.78, 5) is 19.2. The fraction of sp³-hybridized carbons (Fsp3) is 0.500. The average Bonchev–Trinajstić information content (AvgIpc) is 3.11. The summed E-state index contributed by atoms with van der Waals surface area (Å²) in [6.07, 6.45) is 2.51. The Labute approximate surface area is 159 Å². The molecule has 1 aromatic heterocycles. The van der Waals surface area contributed by atoms with Crippen LogP contribution in [-0.2, 0) is 11.2 Å². The van der Waals surface area contributed by atoms with Crippen LogP contribution in [-0.4, -0.2) is 41.5 Å². The fourth-order valence-electron chi connectivity index (χ4n) is 3.31. The van der Waals surface area contributed by atoms with E-state index >= 15 is 0 Å². The summed E-state index contributed by atoms with van der Waals surface area (Å²) in [6, 6.07) is 8.05. The zero-order valence-electron chi connectivity index (χ0n) is 15.5. The molecule has 0 radical (unpaired) electrons. The molecule has 2 N–H and O–H groups in total. The maximum atomic E-state index is 12.6. The minimum Gasteiger partial charge on any atom is -0.494 e. The van der Waals surface area contributed by atoms with E-state index in [1.165, 1.54) is 0 Å². The van der Waals surface area contributed by atoms with Crippen molar-refractivity contribution in [3.63, 3.8) is 0 Å². The van der Waals surface area contributed by atoms with Crippen LogP contribution in [0.5, 0.6) is 5.75 Å². The van der Waals surface area contributed by atoms with Gasteiger partial charge in [-0.15, -0.1) is 11.3 Å². The first-order valence-electron chi connectivity index (χ1n) is 9.27. The SMILES string of the molecule is CCOc1ccc(-c2nc(CC(=O)N3CCCC(C(C)N)C3)cs2)cc1. The summed E-state index contributed by atoms with van der Waals surface area (Å²) in [6.45, 7) is 6.26. The molecule has 1 aliphatic heterocycles. The summed E-state index contributed by atoms with van der Waals surface area (Å²) in [5.74, 6) is 1.42. The van der Waals surface area contributed by atoms with E-state index in [1.807, 2.05) is 48.4 Å². The first-order valence-corrected chi connectivity index (χ1v) is 10.2. The molecule has 0 bridgehead atoms. The molecule has 2 aromatic rings. The van der Waals surface area contributed by atoms with Crippen molar-refractivity contribution in [2.24, 2.45) is 11.7 Å². The normalized spacial score (nSPS) is 18.6. The highest BCUT2D eigenvalue weighted by Crippen LogP contribution is 2.26. The Hall–Kier alpha value is -1.92. The number of amides is 1. The van der Waals surface area contributed by atoms with E-state index in [9.17, 15) is 4.79 Å². The van der Waals surface area contributed by atoms with Gasteiger partial charge in [-0.05, 0) is 56.9 Å². The van der Waals surface area contributed by atoms with E-state index in [0.717, 1.165) is 47.9 Å². The third-order valence-electron chi connectivity index (χ3n) is 4.85. The molecule has 1 saturated heterocycles. The number of likely N-dealkylation sites (tertiary alicyclic amines) is 1. The number of piperidine rings is 1. The Balaban J connectivity index is 1.61. The van der Waals surface area contributed by atoms with Gasteiger partial charge in [0, 0.05) is 30.1 Å². The van der Waals surface area contributed by atoms with Crippen LogP contribution < -0.4 is 10.5 Å². The van der Waals surface area contributed by atoms with Gasteiger partial charge in [-0.3, -0.25) is 4.79 Å². The molecular weight excluding hydrogens is 346 g/mol. The Kier molecular flexibility index (Phi) is 6.27. The smallest absolute Gasteiger partial charge is 0.228 e. The molecule has 0 spiro atoms. The molecule has 1 aliphatic rings. The van der Waals surface area contributed by atoms with E-state index < -0.39 is 0 Å². The first-order chi connectivity index (χ1) is 12.6. The number of nitrogens with zero attached hydrogens (tertiary/aromatic N) is 2. The number of ether oxygens (including phenoxy) is 1. The van der Waals surface area contributed by atoms with Gasteiger partial charge in [-0.1, -0.05) is 0 Å². The lowest BCUT2D eigenvalue weighted by molar-refractivity contribution is -0.132. The molecule has 2 unspecified atom stereocenters. The van der Waals surface area contributed by atoms with Crippen molar-refractivity contribution in [1.82, 2.24) is 9.88 Å². The van der Waals surface area contributed by atoms with E-state index in [1.54, 1.807) is 11.3 Å². The number of aromatic nitrogens is 1. The number of carbonyl (C=O) groups is 1. The van der Waals surface area contributed by atoms with Gasteiger partial charge in [0.25, 0.3) is 0 Å². The van der Waals surface area contributed by atoms with Crippen molar-refractivity contribution in [3.8, 4) is 16.3 Å². The zero-order valence-corrected chi connectivity index (χ0v) is 16.3. The molecule has 140 valence electrons. The number of benzene rings is 1. The molecule has 26 heavy (non-hydrogen) atoms. The summed E-state index contributed by atoms with van der Waals surface area (Å²) < 4.78 is 5.47. The number of carbonyl (C=O) groups excluding carboxylic acids is 1. The van der Waals surface area contributed by atoms with Gasteiger partial charge in [0.05, 0.1) is 18.7 Å². The van der Waals surface area contributed by atoms with Gasteiger partial charge in [-0.25, -0.2) is 4.98 Å². The molecular formula is C20H27N3O2S. The number of rotatable bonds is 6. The summed E-state index contributed by atoms with van der Waals surface area (Å²) in [5, 5.41) is 2.92. The molecule has 3 rings (SSSR count). The average molecular weight is 374 g/mol. The molecule has 1 amide bonds. The highest BCUT2D eigenvalue weighted by molar-refractivity contribution is 7.13. The maximum absolute atomic E-state index is 12.6. The lowest BCUT2D eigenvalue weighted by atomic mass is 9.92. The first kappa shape index (κ1) is 18.9. The van der Waals surface area contributed by atoms with Crippen molar-refractivity contribution >= 4 is 17.2 Å². The molecule has 2 heterocycles. The van der Waals surface area contributed by atoms with Gasteiger partial charge in [0.1, 0.15) is 10.8 Å². The monoisotopic (exact) mass is 373 g/mol. The Morgan fingerprint density at radius 3 is 2.88 bits per heavy atom. The van der Waals surface area contributed by atoms with E-state index in [2.05, 4.69) is 4.98 Å². The largest absolute Gasteiger partial charge is 0.494 e. The van der Waals surface area contributed by atoms with Crippen LogP contribution in [0.2, 0.25) is 0 Å². The van der Waals surface area contributed by atoms with E-state index in [4.69, 9.17) is 10.5 Å². The summed E-state index contributed by atoms with van der Waals surface area (Å²) in [7, 11) is 0. The lowest BCUT2D eigenvalue weighted by Crippen LogP contribution is -2.45. The minimum absolute atomic E-state index is 0.135. The molecule has 1 aromatic carbocycles. The van der Waals surface area contributed by atoms with Crippen molar-refractivity contribution in [1.29, 1.82) is 0 Å².